The number of pyridine rings is 1. The Bertz CT molecular complexity index is 557. The standard InChI is InChI=1S/C15H14BrNO2/c16-14-5-1-4-12(8-14)13(9-15(18)19)7-11-3-2-6-17-10-11/h1-6,8,10,13H,7,9H2,(H,18,19). The van der Waals surface area contributed by atoms with Crippen molar-refractivity contribution >= 4 is 21.9 Å². The monoisotopic (exact) mass is 319 g/mol. The van der Waals surface area contributed by atoms with E-state index in [2.05, 4.69) is 20.9 Å². The maximum atomic E-state index is 11.0. The molecule has 1 unspecified atom stereocenters. The lowest BCUT2D eigenvalue weighted by Gasteiger charge is -2.15. The van der Waals surface area contributed by atoms with Gasteiger partial charge in [-0.1, -0.05) is 34.1 Å². The van der Waals surface area contributed by atoms with E-state index in [0.717, 1.165) is 15.6 Å². The molecule has 0 aliphatic rings. The van der Waals surface area contributed by atoms with E-state index in [4.69, 9.17) is 5.11 Å². The summed E-state index contributed by atoms with van der Waals surface area (Å²) in [4.78, 5) is 15.1. The second-order valence-electron chi connectivity index (χ2n) is 4.42. The van der Waals surface area contributed by atoms with E-state index >= 15 is 0 Å². The molecule has 2 aromatic rings. The van der Waals surface area contributed by atoms with Gasteiger partial charge in [0, 0.05) is 16.9 Å². The summed E-state index contributed by atoms with van der Waals surface area (Å²) in [6.45, 7) is 0. The fourth-order valence-electron chi connectivity index (χ4n) is 2.08. The first-order valence-corrected chi connectivity index (χ1v) is 6.80. The Morgan fingerprint density at radius 3 is 2.79 bits per heavy atom. The zero-order valence-corrected chi connectivity index (χ0v) is 11.9. The molecular formula is C15H14BrNO2. The van der Waals surface area contributed by atoms with Crippen LogP contribution in [0, 0.1) is 0 Å². The van der Waals surface area contributed by atoms with Crippen molar-refractivity contribution in [2.75, 3.05) is 0 Å². The molecule has 0 saturated carbocycles. The SMILES string of the molecule is O=C(O)CC(Cc1cccnc1)c1cccc(Br)c1. The van der Waals surface area contributed by atoms with Gasteiger partial charge in [-0.2, -0.15) is 0 Å². The second-order valence-corrected chi connectivity index (χ2v) is 5.33. The molecule has 3 nitrogen and oxygen atoms in total. The van der Waals surface area contributed by atoms with Crippen molar-refractivity contribution in [3.8, 4) is 0 Å². The van der Waals surface area contributed by atoms with Crippen molar-refractivity contribution in [1.29, 1.82) is 0 Å². The third-order valence-electron chi connectivity index (χ3n) is 2.95. The lowest BCUT2D eigenvalue weighted by atomic mass is 9.90. The van der Waals surface area contributed by atoms with Crippen molar-refractivity contribution < 1.29 is 9.90 Å². The molecule has 0 bridgehead atoms. The van der Waals surface area contributed by atoms with Gasteiger partial charge in [0.05, 0.1) is 6.42 Å². The average Bonchev–Trinajstić information content (AvgIpc) is 2.39. The molecule has 0 saturated heterocycles. The van der Waals surface area contributed by atoms with Gasteiger partial charge in [0.2, 0.25) is 0 Å². The van der Waals surface area contributed by atoms with Gasteiger partial charge in [0.25, 0.3) is 0 Å². The van der Waals surface area contributed by atoms with Gasteiger partial charge in [-0.25, -0.2) is 0 Å². The minimum Gasteiger partial charge on any atom is -0.481 e. The largest absolute Gasteiger partial charge is 0.481 e. The quantitative estimate of drug-likeness (QED) is 0.915. The normalized spacial score (nSPS) is 12.1. The van der Waals surface area contributed by atoms with Crippen LogP contribution in [0.3, 0.4) is 0 Å². The van der Waals surface area contributed by atoms with Crippen molar-refractivity contribution in [3.05, 3.63) is 64.4 Å². The number of hydrogen-bond acceptors (Lipinski definition) is 2. The Kier molecular flexibility index (Phi) is 4.68. The van der Waals surface area contributed by atoms with Crippen molar-refractivity contribution in [3.63, 3.8) is 0 Å². The number of carbonyl (C=O) groups is 1. The van der Waals surface area contributed by atoms with Crippen molar-refractivity contribution in [2.24, 2.45) is 0 Å². The van der Waals surface area contributed by atoms with Crippen LogP contribution in [-0.4, -0.2) is 16.1 Å². The van der Waals surface area contributed by atoms with Crippen LogP contribution in [0.4, 0.5) is 0 Å². The number of halogens is 1. The number of hydrogen-bond donors (Lipinski definition) is 1. The molecular weight excluding hydrogens is 306 g/mol. The highest BCUT2D eigenvalue weighted by Crippen LogP contribution is 2.26. The summed E-state index contributed by atoms with van der Waals surface area (Å²) < 4.78 is 0.964. The van der Waals surface area contributed by atoms with Gasteiger partial charge in [-0.3, -0.25) is 9.78 Å². The lowest BCUT2D eigenvalue weighted by molar-refractivity contribution is -0.137. The molecule has 19 heavy (non-hydrogen) atoms. The van der Waals surface area contributed by atoms with Crippen molar-refractivity contribution in [1.82, 2.24) is 4.98 Å². The van der Waals surface area contributed by atoms with Gasteiger partial charge in [0.1, 0.15) is 0 Å². The van der Waals surface area contributed by atoms with E-state index < -0.39 is 5.97 Å². The molecule has 1 atom stereocenters. The Morgan fingerprint density at radius 1 is 1.32 bits per heavy atom. The summed E-state index contributed by atoms with van der Waals surface area (Å²) in [5.74, 6) is -0.826. The highest BCUT2D eigenvalue weighted by Gasteiger charge is 2.16. The summed E-state index contributed by atoms with van der Waals surface area (Å²) in [7, 11) is 0. The van der Waals surface area contributed by atoms with Gasteiger partial charge in [-0.05, 0) is 41.7 Å². The van der Waals surface area contributed by atoms with Crippen LogP contribution in [0.5, 0.6) is 0 Å². The molecule has 0 radical (unpaired) electrons. The molecule has 1 heterocycles. The van der Waals surface area contributed by atoms with Crippen LogP contribution in [0.15, 0.2) is 53.3 Å². The molecule has 1 aromatic carbocycles. The topological polar surface area (TPSA) is 50.2 Å². The van der Waals surface area contributed by atoms with E-state index in [-0.39, 0.29) is 12.3 Å². The summed E-state index contributed by atoms with van der Waals surface area (Å²) in [5, 5.41) is 9.07. The number of benzene rings is 1. The van der Waals surface area contributed by atoms with E-state index in [9.17, 15) is 4.79 Å². The predicted molar refractivity (Wildman–Crippen MR) is 77.1 cm³/mol. The lowest BCUT2D eigenvalue weighted by Crippen LogP contribution is -2.09. The first kappa shape index (κ1) is 13.7. The fraction of sp³-hybridized carbons (Fsp3) is 0.200. The molecule has 0 fully saturated rings. The van der Waals surface area contributed by atoms with Gasteiger partial charge in [-0.15, -0.1) is 0 Å². The van der Waals surface area contributed by atoms with Gasteiger partial charge in [0.15, 0.2) is 0 Å². The fourth-order valence-corrected chi connectivity index (χ4v) is 2.50. The van der Waals surface area contributed by atoms with E-state index in [1.54, 1.807) is 12.4 Å². The molecule has 0 spiro atoms. The Balaban J connectivity index is 2.23. The summed E-state index contributed by atoms with van der Waals surface area (Å²) >= 11 is 3.42. The van der Waals surface area contributed by atoms with Crippen LogP contribution in [0.25, 0.3) is 0 Å². The molecule has 2 rings (SSSR count). The Hall–Kier alpha value is -1.68. The smallest absolute Gasteiger partial charge is 0.303 e. The number of carboxylic acids is 1. The summed E-state index contributed by atoms with van der Waals surface area (Å²) in [5.41, 5.74) is 2.08. The maximum absolute atomic E-state index is 11.0. The maximum Gasteiger partial charge on any atom is 0.303 e. The van der Waals surface area contributed by atoms with Crippen LogP contribution < -0.4 is 0 Å². The third-order valence-corrected chi connectivity index (χ3v) is 3.44. The minimum absolute atomic E-state index is 0.0424. The van der Waals surface area contributed by atoms with E-state index in [1.165, 1.54) is 0 Å². The first-order chi connectivity index (χ1) is 9.15. The van der Waals surface area contributed by atoms with Gasteiger partial charge < -0.3 is 5.11 Å². The van der Waals surface area contributed by atoms with E-state index in [0.29, 0.717) is 6.42 Å². The molecule has 0 aliphatic carbocycles. The second kappa shape index (κ2) is 6.48. The Morgan fingerprint density at radius 2 is 2.16 bits per heavy atom. The van der Waals surface area contributed by atoms with Crippen LogP contribution in [0.1, 0.15) is 23.5 Å². The predicted octanol–water partition coefficient (Wildman–Crippen LogP) is 3.65. The average molecular weight is 320 g/mol. The number of nitrogens with zero attached hydrogens (tertiary/aromatic N) is 1. The summed E-state index contributed by atoms with van der Waals surface area (Å²) in [6, 6.07) is 11.6. The molecule has 0 aliphatic heterocycles. The van der Waals surface area contributed by atoms with Crippen LogP contribution >= 0.6 is 15.9 Å². The van der Waals surface area contributed by atoms with E-state index in [1.807, 2.05) is 36.4 Å². The van der Waals surface area contributed by atoms with Crippen LogP contribution in [0.2, 0.25) is 0 Å². The number of carboxylic acid groups (broad SMARTS) is 1. The number of aromatic nitrogens is 1. The number of rotatable bonds is 5. The molecule has 0 amide bonds. The summed E-state index contributed by atoms with van der Waals surface area (Å²) in [6.07, 6.45) is 4.30. The van der Waals surface area contributed by atoms with Crippen molar-refractivity contribution in [2.45, 2.75) is 18.8 Å². The first-order valence-electron chi connectivity index (χ1n) is 6.01. The number of aliphatic carboxylic acids is 1. The molecule has 1 N–H and O–H groups in total. The highest BCUT2D eigenvalue weighted by atomic mass is 79.9. The van der Waals surface area contributed by atoms with Gasteiger partial charge >= 0.3 is 5.97 Å². The molecule has 1 aromatic heterocycles. The zero-order valence-electron chi connectivity index (χ0n) is 10.3. The Labute approximate surface area is 120 Å². The molecule has 98 valence electrons. The van der Waals surface area contributed by atoms with Crippen LogP contribution in [-0.2, 0) is 11.2 Å². The minimum atomic E-state index is -0.783. The zero-order chi connectivity index (χ0) is 13.7. The highest BCUT2D eigenvalue weighted by molar-refractivity contribution is 9.10. The third kappa shape index (κ3) is 4.17. The molecule has 4 heteroatoms.